The van der Waals surface area contributed by atoms with E-state index >= 15 is 0 Å². The number of rotatable bonds is 8. The number of aryl methyl sites for hydroxylation is 1. The number of nitrogens with one attached hydrogen (secondary N) is 1. The first kappa shape index (κ1) is 24.7. The zero-order valence-corrected chi connectivity index (χ0v) is 20.8. The highest BCUT2D eigenvalue weighted by atomic mass is 35.5. The standard InChI is InChI=1S/C25H25ClN2O6S/c1-17-7-10-19(11-8-17)35(30,31)28-16-24(34-21-12-9-18(26)15-20(21)28)25(29)27-13-14-33-23-6-4-3-5-22(23)32-2/h3-12,15,24H,13-14,16H2,1-2H3,(H,27,29). The summed E-state index contributed by atoms with van der Waals surface area (Å²) in [5.74, 6) is 0.932. The average molecular weight is 517 g/mol. The first-order valence-electron chi connectivity index (χ1n) is 10.9. The summed E-state index contributed by atoms with van der Waals surface area (Å²) in [6, 6.07) is 18.3. The first-order chi connectivity index (χ1) is 16.8. The van der Waals surface area contributed by atoms with Crippen molar-refractivity contribution in [3.8, 4) is 17.2 Å². The Bertz CT molecular complexity index is 1310. The van der Waals surface area contributed by atoms with E-state index in [1.54, 1.807) is 43.5 Å². The second kappa shape index (κ2) is 10.5. The number of nitrogens with zero attached hydrogens (tertiary/aromatic N) is 1. The third-order valence-corrected chi connectivity index (χ3v) is 7.45. The van der Waals surface area contributed by atoms with Gasteiger partial charge in [0.25, 0.3) is 15.9 Å². The van der Waals surface area contributed by atoms with Gasteiger partial charge < -0.3 is 19.5 Å². The summed E-state index contributed by atoms with van der Waals surface area (Å²) in [5, 5.41) is 3.10. The Morgan fingerprint density at radius 1 is 1.11 bits per heavy atom. The zero-order chi connectivity index (χ0) is 25.0. The van der Waals surface area contributed by atoms with Gasteiger partial charge in [0, 0.05) is 5.02 Å². The Morgan fingerprint density at radius 3 is 2.54 bits per heavy atom. The van der Waals surface area contributed by atoms with Gasteiger partial charge in [-0.1, -0.05) is 41.4 Å². The largest absolute Gasteiger partial charge is 0.493 e. The third-order valence-electron chi connectivity index (χ3n) is 5.42. The zero-order valence-electron chi connectivity index (χ0n) is 19.2. The number of ether oxygens (including phenoxy) is 3. The number of carbonyl (C=O) groups excluding carboxylic acids is 1. The SMILES string of the molecule is COc1ccccc1OCCNC(=O)C1CN(S(=O)(=O)c2ccc(C)cc2)c2cc(Cl)ccc2O1. The van der Waals surface area contributed by atoms with E-state index in [1.807, 2.05) is 19.1 Å². The van der Waals surface area contributed by atoms with Crippen LogP contribution in [0.1, 0.15) is 5.56 Å². The van der Waals surface area contributed by atoms with E-state index in [0.29, 0.717) is 16.5 Å². The van der Waals surface area contributed by atoms with E-state index in [9.17, 15) is 13.2 Å². The van der Waals surface area contributed by atoms with Gasteiger partial charge in [0.2, 0.25) is 0 Å². The van der Waals surface area contributed by atoms with Crippen molar-refractivity contribution in [3.63, 3.8) is 0 Å². The van der Waals surface area contributed by atoms with Crippen molar-refractivity contribution < 1.29 is 27.4 Å². The maximum Gasteiger partial charge on any atom is 0.264 e. The minimum absolute atomic E-state index is 0.111. The van der Waals surface area contributed by atoms with Gasteiger partial charge >= 0.3 is 0 Å². The Hall–Kier alpha value is -3.43. The lowest BCUT2D eigenvalue weighted by Gasteiger charge is -2.34. The molecule has 0 bridgehead atoms. The number of para-hydroxylation sites is 2. The Morgan fingerprint density at radius 2 is 1.83 bits per heavy atom. The molecule has 1 atom stereocenters. The van der Waals surface area contributed by atoms with E-state index in [-0.39, 0.29) is 36.0 Å². The van der Waals surface area contributed by atoms with Crippen LogP contribution in [0.15, 0.2) is 71.6 Å². The summed E-state index contributed by atoms with van der Waals surface area (Å²) in [6.07, 6.45) is -1.06. The summed E-state index contributed by atoms with van der Waals surface area (Å²) in [7, 11) is -2.42. The number of hydrogen-bond donors (Lipinski definition) is 1. The molecule has 0 saturated carbocycles. The molecule has 8 nitrogen and oxygen atoms in total. The molecule has 0 saturated heterocycles. The molecule has 10 heteroatoms. The molecule has 184 valence electrons. The van der Waals surface area contributed by atoms with Crippen LogP contribution in [0.2, 0.25) is 5.02 Å². The molecule has 1 aliphatic rings. The second-order valence-electron chi connectivity index (χ2n) is 7.86. The van der Waals surface area contributed by atoms with Gasteiger partial charge in [-0.2, -0.15) is 0 Å². The van der Waals surface area contributed by atoms with Crippen LogP contribution in [0.3, 0.4) is 0 Å². The maximum atomic E-state index is 13.5. The van der Waals surface area contributed by atoms with E-state index < -0.39 is 22.0 Å². The normalized spacial score (nSPS) is 15.1. The predicted octanol–water partition coefficient (Wildman–Crippen LogP) is 3.81. The molecule has 35 heavy (non-hydrogen) atoms. The number of carbonyl (C=O) groups is 1. The molecule has 1 N–H and O–H groups in total. The molecule has 0 spiro atoms. The quantitative estimate of drug-likeness (QED) is 0.458. The van der Waals surface area contributed by atoms with E-state index in [2.05, 4.69) is 5.32 Å². The van der Waals surface area contributed by atoms with Crippen LogP contribution in [0.5, 0.6) is 17.2 Å². The number of benzene rings is 3. The number of sulfonamides is 1. The summed E-state index contributed by atoms with van der Waals surface area (Å²) in [5.41, 5.74) is 1.21. The first-order valence-corrected chi connectivity index (χ1v) is 12.7. The fraction of sp³-hybridized carbons (Fsp3) is 0.240. The van der Waals surface area contributed by atoms with Crippen LogP contribution < -0.4 is 23.8 Å². The highest BCUT2D eigenvalue weighted by Crippen LogP contribution is 2.39. The van der Waals surface area contributed by atoms with Crippen molar-refractivity contribution in [1.82, 2.24) is 5.32 Å². The van der Waals surface area contributed by atoms with Crippen LogP contribution in [0.4, 0.5) is 5.69 Å². The monoisotopic (exact) mass is 516 g/mol. The van der Waals surface area contributed by atoms with Crippen LogP contribution >= 0.6 is 11.6 Å². The van der Waals surface area contributed by atoms with Gasteiger partial charge in [0.05, 0.1) is 30.8 Å². The number of halogens is 1. The van der Waals surface area contributed by atoms with Crippen molar-refractivity contribution in [2.75, 3.05) is 31.1 Å². The maximum absolute atomic E-state index is 13.5. The van der Waals surface area contributed by atoms with Crippen LogP contribution in [0, 0.1) is 6.92 Å². The highest BCUT2D eigenvalue weighted by Gasteiger charge is 2.37. The van der Waals surface area contributed by atoms with Gasteiger partial charge in [-0.15, -0.1) is 0 Å². The van der Waals surface area contributed by atoms with Gasteiger partial charge in [0.1, 0.15) is 12.4 Å². The fourth-order valence-corrected chi connectivity index (χ4v) is 5.25. The number of amides is 1. The van der Waals surface area contributed by atoms with Crippen molar-refractivity contribution >= 4 is 33.2 Å². The Balaban J connectivity index is 1.49. The Labute approximate surface area is 209 Å². The lowest BCUT2D eigenvalue weighted by atomic mass is 10.2. The lowest BCUT2D eigenvalue weighted by molar-refractivity contribution is -0.127. The van der Waals surface area contributed by atoms with Crippen molar-refractivity contribution in [2.24, 2.45) is 0 Å². The summed E-state index contributed by atoms with van der Waals surface area (Å²) in [4.78, 5) is 13.0. The molecule has 3 aromatic rings. The molecule has 3 aromatic carbocycles. The molecule has 0 aromatic heterocycles. The molecular weight excluding hydrogens is 492 g/mol. The summed E-state index contributed by atoms with van der Waals surface area (Å²) < 4.78 is 44.9. The number of hydrogen-bond acceptors (Lipinski definition) is 6. The molecular formula is C25H25ClN2O6S. The van der Waals surface area contributed by atoms with Crippen LogP contribution in [0.25, 0.3) is 0 Å². The predicted molar refractivity (Wildman–Crippen MR) is 133 cm³/mol. The Kier molecular flexibility index (Phi) is 7.37. The molecule has 1 aliphatic heterocycles. The van der Waals surface area contributed by atoms with Gasteiger partial charge in [-0.25, -0.2) is 8.42 Å². The topological polar surface area (TPSA) is 94.2 Å². The van der Waals surface area contributed by atoms with Crippen molar-refractivity contribution in [1.29, 1.82) is 0 Å². The third kappa shape index (κ3) is 5.47. The van der Waals surface area contributed by atoms with E-state index in [4.69, 9.17) is 25.8 Å². The average Bonchev–Trinajstić information content (AvgIpc) is 2.86. The minimum Gasteiger partial charge on any atom is -0.493 e. The smallest absolute Gasteiger partial charge is 0.264 e. The molecule has 1 unspecified atom stereocenters. The molecule has 0 fully saturated rings. The number of methoxy groups -OCH3 is 1. The molecule has 0 radical (unpaired) electrons. The summed E-state index contributed by atoms with van der Waals surface area (Å²) in [6.45, 7) is 2.05. The fourth-order valence-electron chi connectivity index (χ4n) is 3.61. The van der Waals surface area contributed by atoms with Gasteiger partial charge in [0.15, 0.2) is 17.6 Å². The van der Waals surface area contributed by atoms with Crippen molar-refractivity contribution in [3.05, 3.63) is 77.3 Å². The van der Waals surface area contributed by atoms with E-state index in [1.165, 1.54) is 18.2 Å². The van der Waals surface area contributed by atoms with E-state index in [0.717, 1.165) is 9.87 Å². The summed E-state index contributed by atoms with van der Waals surface area (Å²) >= 11 is 6.14. The van der Waals surface area contributed by atoms with Crippen LogP contribution in [-0.4, -0.2) is 47.2 Å². The van der Waals surface area contributed by atoms with Crippen molar-refractivity contribution in [2.45, 2.75) is 17.9 Å². The molecule has 1 amide bonds. The number of fused-ring (bicyclic) bond motifs is 1. The van der Waals surface area contributed by atoms with Gasteiger partial charge in [-0.3, -0.25) is 9.10 Å². The highest BCUT2D eigenvalue weighted by molar-refractivity contribution is 7.92. The lowest BCUT2D eigenvalue weighted by Crippen LogP contribution is -2.51. The molecule has 4 rings (SSSR count). The molecule has 1 heterocycles. The van der Waals surface area contributed by atoms with Gasteiger partial charge in [-0.05, 0) is 49.4 Å². The molecule has 0 aliphatic carbocycles. The van der Waals surface area contributed by atoms with Crippen LogP contribution in [-0.2, 0) is 14.8 Å². The second-order valence-corrected chi connectivity index (χ2v) is 10.2. The number of anilines is 1. The minimum atomic E-state index is -3.97.